The molecule has 2 N–H and O–H groups in total. The van der Waals surface area contributed by atoms with E-state index in [0.29, 0.717) is 4.47 Å². The summed E-state index contributed by atoms with van der Waals surface area (Å²) in [7, 11) is 0. The van der Waals surface area contributed by atoms with Gasteiger partial charge in [0, 0.05) is 24.5 Å². The average molecular weight is 323 g/mol. The van der Waals surface area contributed by atoms with E-state index in [1.165, 1.54) is 6.07 Å². The molecule has 4 heteroatoms. The van der Waals surface area contributed by atoms with Crippen LogP contribution in [0.25, 0.3) is 0 Å². The van der Waals surface area contributed by atoms with E-state index in [9.17, 15) is 4.39 Å². The van der Waals surface area contributed by atoms with Crippen molar-refractivity contribution in [1.82, 2.24) is 0 Å². The van der Waals surface area contributed by atoms with Gasteiger partial charge in [0.25, 0.3) is 0 Å². The van der Waals surface area contributed by atoms with Crippen LogP contribution in [0, 0.1) is 5.82 Å². The third kappa shape index (κ3) is 3.47. The van der Waals surface area contributed by atoms with Gasteiger partial charge in [0.15, 0.2) is 0 Å². The molecule has 0 bridgehead atoms. The molecule has 0 unspecified atom stereocenters. The van der Waals surface area contributed by atoms with Crippen molar-refractivity contribution >= 4 is 27.3 Å². The molecule has 0 spiro atoms. The van der Waals surface area contributed by atoms with Gasteiger partial charge in [-0.05, 0) is 58.7 Å². The fraction of sp³-hybridized carbons (Fsp3) is 0.200. The lowest BCUT2D eigenvalue weighted by atomic mass is 10.2. The normalized spacial score (nSPS) is 10.5. The molecule has 0 aliphatic carbocycles. The Bertz CT molecular complexity index is 572. The van der Waals surface area contributed by atoms with Crippen molar-refractivity contribution in [1.29, 1.82) is 0 Å². The van der Waals surface area contributed by atoms with Gasteiger partial charge in [-0.25, -0.2) is 4.39 Å². The summed E-state index contributed by atoms with van der Waals surface area (Å²) in [6.45, 7) is 3.67. The zero-order valence-electron chi connectivity index (χ0n) is 10.7. The molecule has 0 fully saturated rings. The van der Waals surface area contributed by atoms with Crippen LogP contribution in [-0.4, -0.2) is 6.54 Å². The Morgan fingerprint density at radius 3 is 2.63 bits per heavy atom. The van der Waals surface area contributed by atoms with Gasteiger partial charge in [0.1, 0.15) is 5.82 Å². The van der Waals surface area contributed by atoms with Crippen LogP contribution in [0.2, 0.25) is 0 Å². The van der Waals surface area contributed by atoms with Crippen LogP contribution in [0.3, 0.4) is 0 Å². The average Bonchev–Trinajstić information content (AvgIpc) is 2.40. The van der Waals surface area contributed by atoms with E-state index in [0.717, 1.165) is 30.0 Å². The molecule has 0 amide bonds. The first-order valence-corrected chi connectivity index (χ1v) is 6.94. The standard InChI is InChI=1S/C15H16BrFN2/c1-2-19(13-5-3-4-12(18)9-13)10-11-6-7-15(17)14(16)8-11/h3-9H,2,10,18H2,1H3. The fourth-order valence-electron chi connectivity index (χ4n) is 1.97. The van der Waals surface area contributed by atoms with Crippen molar-refractivity contribution < 1.29 is 4.39 Å². The van der Waals surface area contributed by atoms with Gasteiger partial charge in [-0.3, -0.25) is 0 Å². The van der Waals surface area contributed by atoms with Crippen molar-refractivity contribution in [3.05, 3.63) is 58.3 Å². The van der Waals surface area contributed by atoms with Crippen LogP contribution >= 0.6 is 15.9 Å². The van der Waals surface area contributed by atoms with Crippen molar-refractivity contribution in [2.24, 2.45) is 0 Å². The topological polar surface area (TPSA) is 29.3 Å². The number of anilines is 2. The van der Waals surface area contributed by atoms with E-state index in [1.807, 2.05) is 30.3 Å². The van der Waals surface area contributed by atoms with Crippen LogP contribution in [0.4, 0.5) is 15.8 Å². The second-order valence-corrected chi connectivity index (χ2v) is 5.21. The minimum atomic E-state index is -0.240. The summed E-state index contributed by atoms with van der Waals surface area (Å²) >= 11 is 3.21. The molecule has 2 aromatic carbocycles. The molecule has 0 heterocycles. The molecule has 0 saturated carbocycles. The third-order valence-electron chi connectivity index (χ3n) is 2.97. The summed E-state index contributed by atoms with van der Waals surface area (Å²) in [6.07, 6.45) is 0. The van der Waals surface area contributed by atoms with Gasteiger partial charge in [0.05, 0.1) is 4.47 Å². The number of rotatable bonds is 4. The minimum Gasteiger partial charge on any atom is -0.399 e. The summed E-state index contributed by atoms with van der Waals surface area (Å²) in [5.41, 5.74) is 8.68. The first-order valence-electron chi connectivity index (χ1n) is 6.14. The maximum atomic E-state index is 13.2. The number of hydrogen-bond acceptors (Lipinski definition) is 2. The Balaban J connectivity index is 2.21. The minimum absolute atomic E-state index is 0.240. The van der Waals surface area contributed by atoms with Crippen LogP contribution in [0.1, 0.15) is 12.5 Å². The Morgan fingerprint density at radius 2 is 2.00 bits per heavy atom. The third-order valence-corrected chi connectivity index (χ3v) is 3.58. The first kappa shape index (κ1) is 13.9. The lowest BCUT2D eigenvalue weighted by molar-refractivity contribution is 0.620. The second-order valence-electron chi connectivity index (χ2n) is 4.36. The van der Waals surface area contributed by atoms with Crippen molar-refractivity contribution in [3.8, 4) is 0 Å². The summed E-state index contributed by atoms with van der Waals surface area (Å²) in [5, 5.41) is 0. The largest absolute Gasteiger partial charge is 0.399 e. The molecule has 2 aromatic rings. The summed E-state index contributed by atoms with van der Waals surface area (Å²) < 4.78 is 13.7. The Hall–Kier alpha value is -1.55. The molecule has 2 nitrogen and oxygen atoms in total. The summed E-state index contributed by atoms with van der Waals surface area (Å²) in [5.74, 6) is -0.240. The fourth-order valence-corrected chi connectivity index (χ4v) is 2.39. The smallest absolute Gasteiger partial charge is 0.137 e. The SMILES string of the molecule is CCN(Cc1ccc(F)c(Br)c1)c1cccc(N)c1. The number of hydrogen-bond donors (Lipinski definition) is 1. The zero-order valence-corrected chi connectivity index (χ0v) is 12.3. The van der Waals surface area contributed by atoms with Gasteiger partial charge in [-0.15, -0.1) is 0 Å². The highest BCUT2D eigenvalue weighted by Gasteiger charge is 2.07. The molecule has 2 rings (SSSR count). The number of benzene rings is 2. The first-order chi connectivity index (χ1) is 9.10. The number of nitrogens with two attached hydrogens (primary N) is 1. The van der Waals surface area contributed by atoms with Gasteiger partial charge in [-0.2, -0.15) is 0 Å². The van der Waals surface area contributed by atoms with Gasteiger partial charge in [0.2, 0.25) is 0 Å². The molecule has 19 heavy (non-hydrogen) atoms. The van der Waals surface area contributed by atoms with Crippen LogP contribution in [0.5, 0.6) is 0 Å². The highest BCUT2D eigenvalue weighted by molar-refractivity contribution is 9.10. The molecule has 0 radical (unpaired) electrons. The molecule has 0 saturated heterocycles. The molecule has 0 atom stereocenters. The summed E-state index contributed by atoms with van der Waals surface area (Å²) in [6, 6.07) is 12.9. The number of nitrogen functional groups attached to an aromatic ring is 1. The van der Waals surface area contributed by atoms with E-state index in [2.05, 4.69) is 27.8 Å². The maximum Gasteiger partial charge on any atom is 0.137 e. The molecule has 100 valence electrons. The van der Waals surface area contributed by atoms with E-state index in [-0.39, 0.29) is 5.82 Å². The lowest BCUT2D eigenvalue weighted by Crippen LogP contribution is -2.22. The zero-order chi connectivity index (χ0) is 13.8. The predicted octanol–water partition coefficient (Wildman–Crippen LogP) is 4.20. The van der Waals surface area contributed by atoms with Crippen LogP contribution < -0.4 is 10.6 Å². The molecule has 0 aliphatic rings. The van der Waals surface area contributed by atoms with E-state index >= 15 is 0 Å². The Morgan fingerprint density at radius 1 is 1.21 bits per heavy atom. The Labute approximate surface area is 121 Å². The van der Waals surface area contributed by atoms with E-state index in [4.69, 9.17) is 5.73 Å². The van der Waals surface area contributed by atoms with E-state index < -0.39 is 0 Å². The van der Waals surface area contributed by atoms with Crippen molar-refractivity contribution in [2.75, 3.05) is 17.2 Å². The van der Waals surface area contributed by atoms with Crippen LogP contribution in [0.15, 0.2) is 46.9 Å². The quantitative estimate of drug-likeness (QED) is 0.855. The maximum absolute atomic E-state index is 13.2. The van der Waals surface area contributed by atoms with E-state index in [1.54, 1.807) is 6.07 Å². The molecule has 0 aromatic heterocycles. The van der Waals surface area contributed by atoms with Crippen LogP contribution in [-0.2, 0) is 6.54 Å². The number of nitrogens with zero attached hydrogens (tertiary/aromatic N) is 1. The van der Waals surface area contributed by atoms with Crippen molar-refractivity contribution in [3.63, 3.8) is 0 Å². The van der Waals surface area contributed by atoms with Gasteiger partial charge >= 0.3 is 0 Å². The predicted molar refractivity (Wildman–Crippen MR) is 81.7 cm³/mol. The van der Waals surface area contributed by atoms with Gasteiger partial charge in [-0.1, -0.05) is 12.1 Å². The molecule has 0 aliphatic heterocycles. The summed E-state index contributed by atoms with van der Waals surface area (Å²) in [4.78, 5) is 2.19. The highest BCUT2D eigenvalue weighted by Crippen LogP contribution is 2.22. The second kappa shape index (κ2) is 6.06. The lowest BCUT2D eigenvalue weighted by Gasteiger charge is -2.23. The van der Waals surface area contributed by atoms with Crippen molar-refractivity contribution in [2.45, 2.75) is 13.5 Å². The number of halogens is 2. The monoisotopic (exact) mass is 322 g/mol. The molecular formula is C15H16BrFN2. The molecular weight excluding hydrogens is 307 g/mol. The van der Waals surface area contributed by atoms with Gasteiger partial charge < -0.3 is 10.6 Å². The Kier molecular flexibility index (Phi) is 4.43. The highest BCUT2D eigenvalue weighted by atomic mass is 79.9.